The van der Waals surface area contributed by atoms with Crippen LogP contribution < -0.4 is 10.6 Å². The molecule has 3 aromatic rings. The van der Waals surface area contributed by atoms with Gasteiger partial charge in [-0.15, -0.1) is 0 Å². The normalized spacial score (nSPS) is 10.4. The Morgan fingerprint density at radius 3 is 2.46 bits per heavy atom. The second-order valence-electron chi connectivity index (χ2n) is 5.83. The number of halogens is 3. The monoisotopic (exact) mass is 417 g/mol. The predicted molar refractivity (Wildman–Crippen MR) is 107 cm³/mol. The van der Waals surface area contributed by atoms with Crippen molar-refractivity contribution in [3.05, 3.63) is 87.9 Å². The van der Waals surface area contributed by atoms with Crippen molar-refractivity contribution in [2.45, 2.75) is 6.42 Å². The van der Waals surface area contributed by atoms with Gasteiger partial charge < -0.3 is 10.6 Å². The minimum Gasteiger partial charge on any atom is -0.324 e. The van der Waals surface area contributed by atoms with Crippen LogP contribution in [0.4, 0.5) is 15.8 Å². The lowest BCUT2D eigenvalue weighted by molar-refractivity contribution is -0.115. The molecule has 0 atom stereocenters. The maximum Gasteiger partial charge on any atom is 0.274 e. The first-order valence-electron chi connectivity index (χ1n) is 8.18. The van der Waals surface area contributed by atoms with E-state index in [1.165, 1.54) is 18.3 Å². The van der Waals surface area contributed by atoms with Crippen LogP contribution in [0.15, 0.2) is 60.8 Å². The van der Waals surface area contributed by atoms with Crippen LogP contribution in [-0.4, -0.2) is 16.8 Å². The van der Waals surface area contributed by atoms with Crippen LogP contribution in [0.3, 0.4) is 0 Å². The predicted octanol–water partition coefficient (Wildman–Crippen LogP) is 4.96. The van der Waals surface area contributed by atoms with Gasteiger partial charge in [-0.25, -0.2) is 4.39 Å². The van der Waals surface area contributed by atoms with Crippen LogP contribution in [0, 0.1) is 5.82 Å². The van der Waals surface area contributed by atoms with E-state index >= 15 is 0 Å². The number of carbonyl (C=O) groups is 2. The summed E-state index contributed by atoms with van der Waals surface area (Å²) in [6.45, 7) is 0. The molecule has 2 N–H and O–H groups in total. The molecule has 0 radical (unpaired) electrons. The van der Waals surface area contributed by atoms with E-state index in [9.17, 15) is 14.0 Å². The molecule has 8 heteroatoms. The van der Waals surface area contributed by atoms with Gasteiger partial charge >= 0.3 is 0 Å². The molecule has 3 rings (SSSR count). The van der Waals surface area contributed by atoms with Crippen LogP contribution in [-0.2, 0) is 11.2 Å². The van der Waals surface area contributed by atoms with Gasteiger partial charge in [-0.1, -0.05) is 35.3 Å². The van der Waals surface area contributed by atoms with Crippen LogP contribution >= 0.6 is 23.2 Å². The number of anilines is 2. The number of nitrogens with zero attached hydrogens (tertiary/aromatic N) is 1. The lowest BCUT2D eigenvalue weighted by Crippen LogP contribution is -2.18. The molecule has 0 fully saturated rings. The van der Waals surface area contributed by atoms with Crippen molar-refractivity contribution in [2.75, 3.05) is 10.6 Å². The second kappa shape index (κ2) is 8.82. The zero-order valence-electron chi connectivity index (χ0n) is 14.4. The minimum atomic E-state index is -0.555. The van der Waals surface area contributed by atoms with Crippen LogP contribution in [0.5, 0.6) is 0 Å². The molecule has 28 heavy (non-hydrogen) atoms. The summed E-state index contributed by atoms with van der Waals surface area (Å²) in [5.74, 6) is -1.44. The Labute approximate surface area is 170 Å². The molecule has 0 aliphatic heterocycles. The SMILES string of the molecule is O=C(Cc1ccc(Cl)c(Cl)c1)Nc1cc(F)ccc1NC(=O)c1ccccn1. The van der Waals surface area contributed by atoms with Gasteiger partial charge in [0, 0.05) is 6.20 Å². The first-order chi connectivity index (χ1) is 13.4. The number of hydrogen-bond donors (Lipinski definition) is 2. The van der Waals surface area contributed by atoms with Crippen molar-refractivity contribution in [3.63, 3.8) is 0 Å². The van der Waals surface area contributed by atoms with Gasteiger partial charge in [0.25, 0.3) is 5.91 Å². The van der Waals surface area contributed by atoms with Gasteiger partial charge in [0.05, 0.1) is 27.8 Å². The highest BCUT2D eigenvalue weighted by Gasteiger charge is 2.13. The van der Waals surface area contributed by atoms with E-state index < -0.39 is 17.6 Å². The number of carbonyl (C=O) groups excluding carboxylic acids is 2. The second-order valence-corrected chi connectivity index (χ2v) is 6.65. The average Bonchev–Trinajstić information content (AvgIpc) is 2.67. The number of benzene rings is 2. The molecular weight excluding hydrogens is 404 g/mol. The van der Waals surface area contributed by atoms with Crippen molar-refractivity contribution in [1.29, 1.82) is 0 Å². The number of amides is 2. The first-order valence-corrected chi connectivity index (χ1v) is 8.93. The van der Waals surface area contributed by atoms with Crippen molar-refractivity contribution >= 4 is 46.4 Å². The standard InChI is InChI=1S/C20H14Cl2FN3O2/c21-14-6-4-12(9-15(14)22)10-19(27)25-18-11-13(23)5-7-16(18)26-20(28)17-3-1-2-8-24-17/h1-9,11H,10H2,(H,25,27)(H,26,28). The number of pyridine rings is 1. The van der Waals surface area contributed by atoms with Crippen LogP contribution in [0.1, 0.15) is 16.1 Å². The average molecular weight is 418 g/mol. The Balaban J connectivity index is 1.75. The van der Waals surface area contributed by atoms with E-state index in [1.807, 2.05) is 0 Å². The molecule has 0 saturated carbocycles. The van der Waals surface area contributed by atoms with Gasteiger partial charge in [0.15, 0.2) is 0 Å². The summed E-state index contributed by atoms with van der Waals surface area (Å²) in [5.41, 5.74) is 1.22. The van der Waals surface area contributed by atoms with E-state index in [2.05, 4.69) is 15.6 Å². The molecule has 0 aliphatic rings. The van der Waals surface area contributed by atoms with Gasteiger partial charge in [-0.05, 0) is 48.0 Å². The molecule has 142 valence electrons. The van der Waals surface area contributed by atoms with Gasteiger partial charge in [-0.2, -0.15) is 0 Å². The summed E-state index contributed by atoms with van der Waals surface area (Å²) in [5, 5.41) is 5.94. The van der Waals surface area contributed by atoms with E-state index in [0.717, 1.165) is 6.07 Å². The summed E-state index contributed by atoms with van der Waals surface area (Å²) in [6, 6.07) is 13.4. The van der Waals surface area contributed by atoms with E-state index in [4.69, 9.17) is 23.2 Å². The minimum absolute atomic E-state index is 0.00102. The van der Waals surface area contributed by atoms with E-state index in [-0.39, 0.29) is 23.5 Å². The largest absolute Gasteiger partial charge is 0.324 e. The molecule has 2 aromatic carbocycles. The molecule has 0 unspecified atom stereocenters. The third-order valence-corrected chi connectivity index (χ3v) is 4.49. The Morgan fingerprint density at radius 1 is 0.929 bits per heavy atom. The summed E-state index contributed by atoms with van der Waals surface area (Å²) in [7, 11) is 0. The summed E-state index contributed by atoms with van der Waals surface area (Å²) in [6.07, 6.45) is 1.49. The smallest absolute Gasteiger partial charge is 0.274 e. The Hall–Kier alpha value is -2.96. The van der Waals surface area contributed by atoms with E-state index in [0.29, 0.717) is 15.6 Å². The fourth-order valence-corrected chi connectivity index (χ4v) is 2.76. The Kier molecular flexibility index (Phi) is 6.23. The molecule has 1 heterocycles. The van der Waals surface area contributed by atoms with Crippen LogP contribution in [0.25, 0.3) is 0 Å². The number of nitrogens with one attached hydrogen (secondary N) is 2. The van der Waals surface area contributed by atoms with Crippen molar-refractivity contribution < 1.29 is 14.0 Å². The quantitative estimate of drug-likeness (QED) is 0.615. The number of rotatable bonds is 5. The van der Waals surface area contributed by atoms with Crippen LogP contribution in [0.2, 0.25) is 10.0 Å². The summed E-state index contributed by atoms with van der Waals surface area (Å²) in [4.78, 5) is 28.6. The fourth-order valence-electron chi connectivity index (χ4n) is 2.44. The van der Waals surface area contributed by atoms with Gasteiger partial charge in [0.2, 0.25) is 5.91 Å². The third kappa shape index (κ3) is 5.06. The number of aromatic nitrogens is 1. The highest BCUT2D eigenvalue weighted by atomic mass is 35.5. The zero-order chi connectivity index (χ0) is 20.1. The molecule has 2 amide bonds. The molecule has 1 aromatic heterocycles. The highest BCUT2D eigenvalue weighted by molar-refractivity contribution is 6.42. The van der Waals surface area contributed by atoms with Gasteiger partial charge in [-0.3, -0.25) is 14.6 Å². The third-order valence-electron chi connectivity index (χ3n) is 3.75. The number of hydrogen-bond acceptors (Lipinski definition) is 3. The maximum absolute atomic E-state index is 13.7. The van der Waals surface area contributed by atoms with Gasteiger partial charge in [0.1, 0.15) is 11.5 Å². The topological polar surface area (TPSA) is 71.1 Å². The molecule has 0 bridgehead atoms. The van der Waals surface area contributed by atoms with Crippen molar-refractivity contribution in [3.8, 4) is 0 Å². The molecular formula is C20H14Cl2FN3O2. The van der Waals surface area contributed by atoms with Crippen molar-refractivity contribution in [2.24, 2.45) is 0 Å². The molecule has 0 spiro atoms. The zero-order valence-corrected chi connectivity index (χ0v) is 15.9. The Morgan fingerprint density at radius 2 is 1.75 bits per heavy atom. The molecule has 5 nitrogen and oxygen atoms in total. The fraction of sp³-hybridized carbons (Fsp3) is 0.0500. The van der Waals surface area contributed by atoms with E-state index in [1.54, 1.807) is 36.4 Å². The first kappa shape index (κ1) is 19.8. The highest BCUT2D eigenvalue weighted by Crippen LogP contribution is 2.25. The molecule has 0 saturated heterocycles. The maximum atomic E-state index is 13.7. The molecule has 0 aliphatic carbocycles. The Bertz CT molecular complexity index is 1030. The summed E-state index contributed by atoms with van der Waals surface area (Å²) >= 11 is 11.8. The lowest BCUT2D eigenvalue weighted by atomic mass is 10.1. The lowest BCUT2D eigenvalue weighted by Gasteiger charge is -2.13. The summed E-state index contributed by atoms with van der Waals surface area (Å²) < 4.78 is 13.7. The van der Waals surface area contributed by atoms with Crippen molar-refractivity contribution in [1.82, 2.24) is 4.98 Å².